The zero-order valence-electron chi connectivity index (χ0n) is 10.4. The summed E-state index contributed by atoms with van der Waals surface area (Å²) >= 11 is 0. The first kappa shape index (κ1) is 13.3. The highest BCUT2D eigenvalue weighted by atomic mass is 32.2. The molecule has 0 spiro atoms. The van der Waals surface area contributed by atoms with Gasteiger partial charge in [-0.3, -0.25) is 5.10 Å². The van der Waals surface area contributed by atoms with Crippen molar-refractivity contribution in [3.05, 3.63) is 11.8 Å². The predicted molar refractivity (Wildman–Crippen MR) is 68.7 cm³/mol. The fourth-order valence-corrected chi connectivity index (χ4v) is 3.16. The summed E-state index contributed by atoms with van der Waals surface area (Å²) in [4.78, 5) is 0. The Morgan fingerprint density at radius 1 is 1.56 bits per heavy atom. The number of hydrogen-bond donors (Lipinski definition) is 3. The average Bonchev–Trinajstić information content (AvgIpc) is 2.73. The van der Waals surface area contributed by atoms with E-state index in [9.17, 15) is 8.42 Å². The number of hydrogen-bond acceptors (Lipinski definition) is 4. The van der Waals surface area contributed by atoms with Gasteiger partial charge in [0.15, 0.2) is 0 Å². The predicted octanol–water partition coefficient (Wildman–Crippen LogP) is 0.0582. The van der Waals surface area contributed by atoms with Gasteiger partial charge in [0.05, 0.1) is 6.20 Å². The van der Waals surface area contributed by atoms with Gasteiger partial charge in [0, 0.05) is 25.2 Å². The van der Waals surface area contributed by atoms with Crippen LogP contribution in [0.4, 0.5) is 5.82 Å². The van der Waals surface area contributed by atoms with Gasteiger partial charge in [0.1, 0.15) is 5.82 Å². The molecular formula is C10H19N5O2S. The highest BCUT2D eigenvalue weighted by molar-refractivity contribution is 7.87. The molecule has 0 aromatic carbocycles. The van der Waals surface area contributed by atoms with Crippen molar-refractivity contribution in [1.82, 2.24) is 19.2 Å². The summed E-state index contributed by atoms with van der Waals surface area (Å²) in [6, 6.07) is 0. The van der Waals surface area contributed by atoms with E-state index < -0.39 is 10.2 Å². The van der Waals surface area contributed by atoms with Crippen molar-refractivity contribution in [3.8, 4) is 0 Å². The van der Waals surface area contributed by atoms with E-state index in [0.29, 0.717) is 30.4 Å². The highest BCUT2D eigenvalue weighted by Gasteiger charge is 2.26. The van der Waals surface area contributed by atoms with Crippen LogP contribution in [-0.2, 0) is 16.8 Å². The van der Waals surface area contributed by atoms with E-state index in [2.05, 4.69) is 21.8 Å². The SMILES string of the molecule is CC1CCN(S(=O)(=O)NCc2cn[nH]c2N)CC1. The number of piperidine rings is 1. The zero-order chi connectivity index (χ0) is 13.2. The molecule has 0 saturated carbocycles. The standard InChI is InChI=1S/C10H19N5O2S/c1-8-2-4-15(5-3-8)18(16,17)13-7-9-6-12-14-10(9)11/h6,8,13H,2-5,7H2,1H3,(H3,11,12,14). The second-order valence-corrected chi connectivity index (χ2v) is 6.47. The Bertz CT molecular complexity index is 490. The van der Waals surface area contributed by atoms with Gasteiger partial charge in [-0.25, -0.2) is 0 Å². The number of rotatable bonds is 4. The van der Waals surface area contributed by atoms with Crippen LogP contribution in [-0.4, -0.2) is 36.0 Å². The third-order valence-corrected chi connectivity index (χ3v) is 4.83. The normalized spacial score (nSPS) is 19.2. The summed E-state index contributed by atoms with van der Waals surface area (Å²) in [6.45, 7) is 3.47. The number of nitrogens with one attached hydrogen (secondary N) is 2. The molecule has 4 N–H and O–H groups in total. The molecule has 1 fully saturated rings. The molecule has 1 aliphatic rings. The second kappa shape index (κ2) is 5.25. The molecule has 18 heavy (non-hydrogen) atoms. The van der Waals surface area contributed by atoms with Gasteiger partial charge in [-0.2, -0.15) is 22.5 Å². The molecule has 102 valence electrons. The molecule has 2 rings (SSSR count). The fourth-order valence-electron chi connectivity index (χ4n) is 1.95. The maximum atomic E-state index is 12.0. The fraction of sp³-hybridized carbons (Fsp3) is 0.700. The molecule has 0 radical (unpaired) electrons. The lowest BCUT2D eigenvalue weighted by molar-refractivity contribution is 0.285. The Kier molecular flexibility index (Phi) is 3.88. The van der Waals surface area contributed by atoms with Crippen LogP contribution in [0.15, 0.2) is 6.20 Å². The Balaban J connectivity index is 1.93. The van der Waals surface area contributed by atoms with Gasteiger partial charge < -0.3 is 5.73 Å². The van der Waals surface area contributed by atoms with Crippen LogP contribution in [0.5, 0.6) is 0 Å². The Morgan fingerprint density at radius 3 is 2.78 bits per heavy atom. The molecule has 7 nitrogen and oxygen atoms in total. The minimum absolute atomic E-state index is 0.163. The zero-order valence-corrected chi connectivity index (χ0v) is 11.2. The molecule has 1 aromatic heterocycles. The molecular weight excluding hydrogens is 254 g/mol. The monoisotopic (exact) mass is 273 g/mol. The average molecular weight is 273 g/mol. The molecule has 0 atom stereocenters. The van der Waals surface area contributed by atoms with E-state index in [0.717, 1.165) is 12.8 Å². The molecule has 0 amide bonds. The Labute approximate surface area is 107 Å². The van der Waals surface area contributed by atoms with E-state index in [4.69, 9.17) is 5.73 Å². The molecule has 0 unspecified atom stereocenters. The molecule has 0 aliphatic carbocycles. The van der Waals surface area contributed by atoms with Crippen molar-refractivity contribution in [2.24, 2.45) is 5.92 Å². The van der Waals surface area contributed by atoms with Crippen molar-refractivity contribution in [2.45, 2.75) is 26.3 Å². The lowest BCUT2D eigenvalue weighted by Crippen LogP contribution is -2.44. The first-order chi connectivity index (χ1) is 8.49. The molecule has 2 heterocycles. The summed E-state index contributed by atoms with van der Waals surface area (Å²) in [7, 11) is -3.41. The largest absolute Gasteiger partial charge is 0.384 e. The topological polar surface area (TPSA) is 104 Å². The highest BCUT2D eigenvalue weighted by Crippen LogP contribution is 2.18. The number of anilines is 1. The number of nitrogens with two attached hydrogens (primary N) is 1. The third kappa shape index (κ3) is 3.01. The van der Waals surface area contributed by atoms with E-state index >= 15 is 0 Å². The quantitative estimate of drug-likeness (QED) is 0.721. The number of nitrogens with zero attached hydrogens (tertiary/aromatic N) is 2. The summed E-state index contributed by atoms with van der Waals surface area (Å²) in [5.74, 6) is 0.992. The molecule has 1 saturated heterocycles. The Morgan fingerprint density at radius 2 is 2.22 bits per heavy atom. The number of H-pyrrole nitrogens is 1. The van der Waals surface area contributed by atoms with Crippen molar-refractivity contribution >= 4 is 16.0 Å². The molecule has 0 bridgehead atoms. The maximum Gasteiger partial charge on any atom is 0.279 e. The summed E-state index contributed by atoms with van der Waals surface area (Å²) in [6.07, 6.45) is 3.35. The van der Waals surface area contributed by atoms with Gasteiger partial charge >= 0.3 is 0 Å². The van der Waals surface area contributed by atoms with Crippen molar-refractivity contribution in [2.75, 3.05) is 18.8 Å². The Hall–Kier alpha value is -1.12. The lowest BCUT2D eigenvalue weighted by Gasteiger charge is -2.29. The molecule has 1 aliphatic heterocycles. The van der Waals surface area contributed by atoms with Crippen LogP contribution in [0.2, 0.25) is 0 Å². The van der Waals surface area contributed by atoms with Gasteiger partial charge in [0.2, 0.25) is 0 Å². The first-order valence-corrected chi connectivity index (χ1v) is 7.45. The minimum atomic E-state index is -3.41. The lowest BCUT2D eigenvalue weighted by atomic mass is 10.0. The van der Waals surface area contributed by atoms with Gasteiger partial charge in [-0.05, 0) is 18.8 Å². The summed E-state index contributed by atoms with van der Waals surface area (Å²) < 4.78 is 28.1. The van der Waals surface area contributed by atoms with Crippen LogP contribution in [0.1, 0.15) is 25.3 Å². The molecule has 1 aromatic rings. The van der Waals surface area contributed by atoms with Crippen LogP contribution >= 0.6 is 0 Å². The van der Waals surface area contributed by atoms with Crippen LogP contribution in [0.25, 0.3) is 0 Å². The van der Waals surface area contributed by atoms with Crippen LogP contribution in [0, 0.1) is 5.92 Å². The maximum absolute atomic E-state index is 12.0. The number of aromatic nitrogens is 2. The van der Waals surface area contributed by atoms with E-state index in [1.54, 1.807) is 0 Å². The van der Waals surface area contributed by atoms with E-state index in [-0.39, 0.29) is 6.54 Å². The van der Waals surface area contributed by atoms with Crippen molar-refractivity contribution in [1.29, 1.82) is 0 Å². The van der Waals surface area contributed by atoms with E-state index in [1.165, 1.54) is 10.5 Å². The van der Waals surface area contributed by atoms with Gasteiger partial charge in [-0.15, -0.1) is 0 Å². The summed E-state index contributed by atoms with van der Waals surface area (Å²) in [5.41, 5.74) is 6.26. The summed E-state index contributed by atoms with van der Waals surface area (Å²) in [5, 5.41) is 6.32. The van der Waals surface area contributed by atoms with Gasteiger partial charge in [-0.1, -0.05) is 6.92 Å². The molecule has 8 heteroatoms. The van der Waals surface area contributed by atoms with Crippen molar-refractivity contribution < 1.29 is 8.42 Å². The van der Waals surface area contributed by atoms with Crippen molar-refractivity contribution in [3.63, 3.8) is 0 Å². The number of nitrogen functional groups attached to an aromatic ring is 1. The van der Waals surface area contributed by atoms with Gasteiger partial charge in [0.25, 0.3) is 10.2 Å². The van der Waals surface area contributed by atoms with Crippen LogP contribution in [0.3, 0.4) is 0 Å². The number of aromatic amines is 1. The smallest absolute Gasteiger partial charge is 0.279 e. The minimum Gasteiger partial charge on any atom is -0.384 e. The first-order valence-electron chi connectivity index (χ1n) is 6.01. The second-order valence-electron chi connectivity index (χ2n) is 4.72. The van der Waals surface area contributed by atoms with E-state index in [1.807, 2.05) is 0 Å². The van der Waals surface area contributed by atoms with Crippen LogP contribution < -0.4 is 10.5 Å². The third-order valence-electron chi connectivity index (χ3n) is 3.28.